The molecule has 0 unspecified atom stereocenters. The maximum Gasteiger partial charge on any atom is 0.225 e. The second-order valence-corrected chi connectivity index (χ2v) is 2.81. The first-order valence-corrected chi connectivity index (χ1v) is 3.80. The molecule has 0 aromatic carbocycles. The van der Waals surface area contributed by atoms with Crippen LogP contribution in [0, 0.1) is 5.41 Å². The van der Waals surface area contributed by atoms with Crippen molar-refractivity contribution in [3.63, 3.8) is 0 Å². The Bertz CT molecular complexity index is 423. The van der Waals surface area contributed by atoms with E-state index < -0.39 is 5.78 Å². The van der Waals surface area contributed by atoms with E-state index in [1.54, 1.807) is 12.1 Å². The first-order chi connectivity index (χ1) is 6.20. The van der Waals surface area contributed by atoms with Gasteiger partial charge in [0.25, 0.3) is 0 Å². The molecule has 1 aromatic heterocycles. The van der Waals surface area contributed by atoms with E-state index in [4.69, 9.17) is 5.41 Å². The number of hydrogen-bond donors (Lipinski definition) is 1. The maximum absolute atomic E-state index is 11.3. The SMILES string of the molecule is N=C1CC(=O)c2cccnc2C1=O. The lowest BCUT2D eigenvalue weighted by Gasteiger charge is -2.11. The number of pyridine rings is 1. The minimum atomic E-state index is -0.435. The minimum Gasteiger partial charge on any atom is -0.301 e. The van der Waals surface area contributed by atoms with Gasteiger partial charge in [-0.1, -0.05) is 0 Å². The van der Waals surface area contributed by atoms with Gasteiger partial charge in [-0.2, -0.15) is 0 Å². The number of carbonyl (C=O) groups excluding carboxylic acids is 2. The van der Waals surface area contributed by atoms with Gasteiger partial charge in [0.1, 0.15) is 5.69 Å². The van der Waals surface area contributed by atoms with Gasteiger partial charge in [0, 0.05) is 11.8 Å². The summed E-state index contributed by atoms with van der Waals surface area (Å²) in [6.45, 7) is 0. The fraction of sp³-hybridized carbons (Fsp3) is 0.111. The van der Waals surface area contributed by atoms with E-state index in [-0.39, 0.29) is 23.6 Å². The van der Waals surface area contributed by atoms with Crippen LogP contribution >= 0.6 is 0 Å². The topological polar surface area (TPSA) is 70.9 Å². The summed E-state index contributed by atoms with van der Waals surface area (Å²) < 4.78 is 0. The molecule has 2 rings (SSSR count). The lowest BCUT2D eigenvalue weighted by molar-refractivity contribution is 0.0961. The first kappa shape index (κ1) is 7.79. The van der Waals surface area contributed by atoms with Crippen LogP contribution in [0.1, 0.15) is 27.3 Å². The van der Waals surface area contributed by atoms with Crippen molar-refractivity contribution in [1.82, 2.24) is 4.98 Å². The van der Waals surface area contributed by atoms with Crippen LogP contribution in [0.5, 0.6) is 0 Å². The van der Waals surface area contributed by atoms with Crippen molar-refractivity contribution in [2.75, 3.05) is 0 Å². The molecular weight excluding hydrogens is 168 g/mol. The predicted octanol–water partition coefficient (Wildman–Crippen LogP) is 0.870. The number of aromatic nitrogens is 1. The van der Waals surface area contributed by atoms with E-state index in [1.807, 2.05) is 0 Å². The van der Waals surface area contributed by atoms with Crippen LogP contribution in [0.3, 0.4) is 0 Å². The molecule has 64 valence electrons. The third-order valence-electron chi connectivity index (χ3n) is 1.93. The molecule has 1 aliphatic carbocycles. The highest BCUT2D eigenvalue weighted by Crippen LogP contribution is 2.16. The van der Waals surface area contributed by atoms with Crippen LogP contribution in [0.4, 0.5) is 0 Å². The van der Waals surface area contributed by atoms with Gasteiger partial charge < -0.3 is 5.41 Å². The summed E-state index contributed by atoms with van der Waals surface area (Å²) in [5, 5.41) is 7.25. The molecule has 1 heterocycles. The summed E-state index contributed by atoms with van der Waals surface area (Å²) in [7, 11) is 0. The number of hydrogen-bond acceptors (Lipinski definition) is 4. The third kappa shape index (κ3) is 1.07. The fourth-order valence-electron chi connectivity index (χ4n) is 1.29. The highest BCUT2D eigenvalue weighted by Gasteiger charge is 2.28. The summed E-state index contributed by atoms with van der Waals surface area (Å²) in [6, 6.07) is 3.17. The molecular formula is C9H6N2O2. The van der Waals surface area contributed by atoms with Gasteiger partial charge in [-0.05, 0) is 12.1 Å². The molecule has 1 aliphatic rings. The Balaban J connectivity index is 2.67. The van der Waals surface area contributed by atoms with Crippen LogP contribution in [0.25, 0.3) is 0 Å². The van der Waals surface area contributed by atoms with Crippen molar-refractivity contribution in [3.05, 3.63) is 29.6 Å². The zero-order valence-electron chi connectivity index (χ0n) is 6.70. The summed E-state index contributed by atoms with van der Waals surface area (Å²) in [4.78, 5) is 26.4. The third-order valence-corrected chi connectivity index (χ3v) is 1.93. The Morgan fingerprint density at radius 2 is 2.15 bits per heavy atom. The number of carbonyl (C=O) groups is 2. The van der Waals surface area contributed by atoms with E-state index in [0.717, 1.165) is 0 Å². The number of fused-ring (bicyclic) bond motifs is 1. The molecule has 0 saturated heterocycles. The van der Waals surface area contributed by atoms with Crippen molar-refractivity contribution in [3.8, 4) is 0 Å². The van der Waals surface area contributed by atoms with Crippen molar-refractivity contribution in [2.24, 2.45) is 0 Å². The molecule has 0 radical (unpaired) electrons. The van der Waals surface area contributed by atoms with Crippen LogP contribution in [0.15, 0.2) is 18.3 Å². The molecule has 0 bridgehead atoms. The standard InChI is InChI=1S/C9H6N2O2/c10-6-4-7(12)5-2-1-3-11-8(5)9(6)13/h1-3,10H,4H2. The molecule has 1 aromatic rings. The molecule has 13 heavy (non-hydrogen) atoms. The molecule has 0 fully saturated rings. The zero-order valence-corrected chi connectivity index (χ0v) is 6.70. The summed E-state index contributed by atoms with van der Waals surface area (Å²) in [5.74, 6) is -0.636. The molecule has 4 nitrogen and oxygen atoms in total. The van der Waals surface area contributed by atoms with Gasteiger partial charge in [0.15, 0.2) is 5.78 Å². The van der Waals surface area contributed by atoms with E-state index >= 15 is 0 Å². The van der Waals surface area contributed by atoms with Gasteiger partial charge in [-0.15, -0.1) is 0 Å². The van der Waals surface area contributed by atoms with Crippen molar-refractivity contribution >= 4 is 17.3 Å². The Morgan fingerprint density at radius 3 is 2.92 bits per heavy atom. The molecule has 1 N–H and O–H groups in total. The average Bonchev–Trinajstić information content (AvgIpc) is 2.15. The number of rotatable bonds is 0. The number of Topliss-reactive ketones (excluding diaryl/α,β-unsaturated/α-hetero) is 2. The van der Waals surface area contributed by atoms with Crippen LogP contribution < -0.4 is 0 Å². The number of nitrogens with zero attached hydrogens (tertiary/aromatic N) is 1. The van der Waals surface area contributed by atoms with Gasteiger partial charge in [-0.25, -0.2) is 0 Å². The number of ketones is 2. The van der Waals surface area contributed by atoms with Gasteiger partial charge in [0.05, 0.1) is 12.1 Å². The van der Waals surface area contributed by atoms with E-state index in [1.165, 1.54) is 6.20 Å². The van der Waals surface area contributed by atoms with Crippen molar-refractivity contribution in [2.45, 2.75) is 6.42 Å². The van der Waals surface area contributed by atoms with Gasteiger partial charge >= 0.3 is 0 Å². The van der Waals surface area contributed by atoms with Crippen LogP contribution in [-0.4, -0.2) is 22.3 Å². The zero-order chi connectivity index (χ0) is 9.42. The summed E-state index contributed by atoms with van der Waals surface area (Å²) in [6.07, 6.45) is 1.35. The van der Waals surface area contributed by atoms with Crippen LogP contribution in [-0.2, 0) is 0 Å². The average molecular weight is 174 g/mol. The van der Waals surface area contributed by atoms with Crippen molar-refractivity contribution in [1.29, 1.82) is 5.41 Å². The second-order valence-electron chi connectivity index (χ2n) is 2.81. The van der Waals surface area contributed by atoms with E-state index in [9.17, 15) is 9.59 Å². The van der Waals surface area contributed by atoms with Crippen molar-refractivity contribution < 1.29 is 9.59 Å². The lowest BCUT2D eigenvalue weighted by Crippen LogP contribution is -2.27. The summed E-state index contributed by atoms with van der Waals surface area (Å²) in [5.41, 5.74) is 0.281. The summed E-state index contributed by atoms with van der Waals surface area (Å²) >= 11 is 0. The van der Waals surface area contributed by atoms with Crippen LogP contribution in [0.2, 0.25) is 0 Å². The maximum atomic E-state index is 11.3. The van der Waals surface area contributed by atoms with Gasteiger partial charge in [-0.3, -0.25) is 14.6 Å². The smallest absolute Gasteiger partial charge is 0.225 e. The molecule has 0 saturated carbocycles. The normalized spacial score (nSPS) is 15.8. The minimum absolute atomic E-state index is 0.0997. The van der Waals surface area contributed by atoms with E-state index in [0.29, 0.717) is 5.56 Å². The second kappa shape index (κ2) is 2.58. The lowest BCUT2D eigenvalue weighted by atomic mass is 9.92. The largest absolute Gasteiger partial charge is 0.301 e. The fourth-order valence-corrected chi connectivity index (χ4v) is 1.29. The molecule has 0 spiro atoms. The Morgan fingerprint density at radius 1 is 1.38 bits per heavy atom. The molecule has 0 atom stereocenters. The molecule has 4 heteroatoms. The monoisotopic (exact) mass is 174 g/mol. The highest BCUT2D eigenvalue weighted by molar-refractivity contribution is 6.51. The highest BCUT2D eigenvalue weighted by atomic mass is 16.1. The number of nitrogens with one attached hydrogen (secondary N) is 1. The first-order valence-electron chi connectivity index (χ1n) is 3.80. The van der Waals surface area contributed by atoms with Gasteiger partial charge in [0.2, 0.25) is 5.78 Å². The Hall–Kier alpha value is -1.84. The Kier molecular flexibility index (Phi) is 1.55. The molecule has 0 aliphatic heterocycles. The van der Waals surface area contributed by atoms with E-state index in [2.05, 4.69) is 4.98 Å². The quantitative estimate of drug-likeness (QED) is 0.634. The Labute approximate surface area is 74.1 Å². The predicted molar refractivity (Wildman–Crippen MR) is 45.2 cm³/mol. The molecule has 0 amide bonds.